The number of fused-ring (bicyclic) bond motifs is 1. The van der Waals surface area contributed by atoms with Gasteiger partial charge in [-0.3, -0.25) is 4.79 Å². The number of allylic oxidation sites excluding steroid dienone is 1. The van der Waals surface area contributed by atoms with Gasteiger partial charge in [-0.2, -0.15) is 0 Å². The van der Waals surface area contributed by atoms with Crippen molar-refractivity contribution in [3.8, 4) is 5.75 Å². The number of rotatable bonds is 7. The molecule has 3 aliphatic rings. The Kier molecular flexibility index (Phi) is 8.39. The molecule has 8 nitrogen and oxygen atoms in total. The van der Waals surface area contributed by atoms with Crippen LogP contribution in [0.15, 0.2) is 60.3 Å². The molecule has 1 unspecified atom stereocenters. The second kappa shape index (κ2) is 12.1. The molecule has 38 heavy (non-hydrogen) atoms. The normalized spacial score (nSPS) is 24.7. The molecule has 2 aliphatic carbocycles. The molecule has 1 aliphatic heterocycles. The lowest BCUT2D eigenvalue weighted by Gasteiger charge is -2.32. The summed E-state index contributed by atoms with van der Waals surface area (Å²) in [6, 6.07) is 6.69. The van der Waals surface area contributed by atoms with Crippen molar-refractivity contribution >= 4 is 22.8 Å². The molecule has 202 valence electrons. The minimum Gasteiger partial charge on any atom is -0.488 e. The van der Waals surface area contributed by atoms with E-state index in [2.05, 4.69) is 46.5 Å². The summed E-state index contributed by atoms with van der Waals surface area (Å²) in [5.41, 5.74) is 2.44. The summed E-state index contributed by atoms with van der Waals surface area (Å²) in [5, 5.41) is 10.9. The monoisotopic (exact) mass is 516 g/mol. The Morgan fingerprint density at radius 2 is 1.92 bits per heavy atom. The smallest absolute Gasteiger partial charge is 0.251 e. The van der Waals surface area contributed by atoms with Crippen LogP contribution in [0.2, 0.25) is 0 Å². The van der Waals surface area contributed by atoms with Crippen LogP contribution in [-0.4, -0.2) is 72.2 Å². The summed E-state index contributed by atoms with van der Waals surface area (Å²) in [7, 11) is 4.31. The Morgan fingerprint density at radius 3 is 2.68 bits per heavy atom. The average molecular weight is 517 g/mol. The first-order valence-electron chi connectivity index (χ1n) is 13.9. The number of nitrogens with one attached hydrogen (secondary N) is 3. The number of hydrogen-bond donors (Lipinski definition) is 3. The summed E-state index contributed by atoms with van der Waals surface area (Å²) >= 11 is 0. The van der Waals surface area contributed by atoms with Gasteiger partial charge < -0.3 is 25.6 Å². The lowest BCUT2D eigenvalue weighted by molar-refractivity contribution is -0.118. The van der Waals surface area contributed by atoms with Gasteiger partial charge in [0.25, 0.3) is 5.91 Å². The fraction of sp³-hybridized carbons (Fsp3) is 0.500. The van der Waals surface area contributed by atoms with Gasteiger partial charge in [0.05, 0.1) is 12.1 Å². The summed E-state index contributed by atoms with van der Waals surface area (Å²) in [5.74, 6) is 1.29. The Balaban J connectivity index is 1.25. The van der Waals surface area contributed by atoms with Gasteiger partial charge in [-0.1, -0.05) is 36.9 Å². The molecule has 0 spiro atoms. The number of nitrogens with zero attached hydrogens (tertiary/aromatic N) is 3. The third-order valence-corrected chi connectivity index (χ3v) is 7.95. The molecule has 2 fully saturated rings. The summed E-state index contributed by atoms with van der Waals surface area (Å²) in [4.78, 5) is 24.6. The van der Waals surface area contributed by atoms with Crippen molar-refractivity contribution in [2.75, 3.05) is 32.5 Å². The van der Waals surface area contributed by atoms with Crippen molar-refractivity contribution < 1.29 is 9.53 Å². The molecule has 8 heteroatoms. The molecule has 1 aromatic carbocycles. The third kappa shape index (κ3) is 6.42. The number of anilines is 1. The Bertz CT molecular complexity index is 1210. The van der Waals surface area contributed by atoms with E-state index >= 15 is 0 Å². The van der Waals surface area contributed by atoms with Crippen LogP contribution < -0.4 is 20.7 Å². The van der Waals surface area contributed by atoms with Crippen LogP contribution in [0.4, 0.5) is 5.95 Å². The molecule has 1 amide bonds. The van der Waals surface area contributed by atoms with Crippen LogP contribution in [0.5, 0.6) is 5.75 Å². The second-order valence-electron chi connectivity index (χ2n) is 10.9. The summed E-state index contributed by atoms with van der Waals surface area (Å²) in [6.07, 6.45) is 14.8. The van der Waals surface area contributed by atoms with Crippen LogP contribution in [0.25, 0.3) is 10.9 Å². The predicted octanol–water partition coefficient (Wildman–Crippen LogP) is 3.97. The third-order valence-electron chi connectivity index (χ3n) is 7.95. The molecular weight excluding hydrogens is 476 g/mol. The minimum absolute atomic E-state index is 0.0232. The van der Waals surface area contributed by atoms with E-state index < -0.39 is 0 Å². The average Bonchev–Trinajstić information content (AvgIpc) is 3.11. The highest BCUT2D eigenvalue weighted by Gasteiger charge is 2.25. The van der Waals surface area contributed by atoms with Crippen LogP contribution in [0, 0.1) is 0 Å². The number of ether oxygens (including phenoxy) is 1. The van der Waals surface area contributed by atoms with Crippen LogP contribution in [0.1, 0.15) is 44.9 Å². The zero-order chi connectivity index (χ0) is 26.5. The van der Waals surface area contributed by atoms with Crippen LogP contribution >= 0.6 is 0 Å². The standard InChI is InChI=1S/C30H40N6O2/c1-20-7-8-21(29(37)33-23-15-17-31-18-16-23)9-14-26(20)34-30-32-19-22-5-4-6-27(28(22)35-30)38-25-12-10-24(11-13-25)36(2)3/h4-6,8-9,14,19,23-26,31H,1,7,10-13,15-18H2,2-3H3,(H,33,37)(H,32,34,35). The number of amides is 1. The van der Waals surface area contributed by atoms with E-state index in [1.54, 1.807) is 0 Å². The zero-order valence-corrected chi connectivity index (χ0v) is 22.6. The van der Waals surface area contributed by atoms with E-state index in [1.165, 1.54) is 0 Å². The first-order chi connectivity index (χ1) is 18.5. The Morgan fingerprint density at radius 1 is 1.13 bits per heavy atom. The molecule has 0 bridgehead atoms. The number of piperidine rings is 1. The number of aromatic nitrogens is 2. The molecule has 2 heterocycles. The Labute approximate surface area is 225 Å². The van der Waals surface area contributed by atoms with Gasteiger partial charge in [0.15, 0.2) is 0 Å². The van der Waals surface area contributed by atoms with Gasteiger partial charge in [0.2, 0.25) is 5.95 Å². The van der Waals surface area contributed by atoms with E-state index in [-0.39, 0.29) is 24.1 Å². The highest BCUT2D eigenvalue weighted by atomic mass is 16.5. The molecule has 0 radical (unpaired) electrons. The molecule has 1 atom stereocenters. The van der Waals surface area contributed by atoms with Crippen molar-refractivity contribution in [2.24, 2.45) is 0 Å². The molecule has 1 saturated heterocycles. The van der Waals surface area contributed by atoms with Crippen molar-refractivity contribution in [3.05, 3.63) is 60.3 Å². The highest BCUT2D eigenvalue weighted by Crippen LogP contribution is 2.30. The van der Waals surface area contributed by atoms with Crippen molar-refractivity contribution in [1.29, 1.82) is 0 Å². The SMILES string of the molecule is C=C1CC=C(C(=O)NC2CCNCC2)C=CC1Nc1ncc2cccc(OC3CCC(N(C)C)CC3)c2n1. The molecule has 1 saturated carbocycles. The number of hydrogen-bond acceptors (Lipinski definition) is 7. The van der Waals surface area contributed by atoms with Gasteiger partial charge in [0.1, 0.15) is 11.3 Å². The van der Waals surface area contributed by atoms with Gasteiger partial charge >= 0.3 is 0 Å². The van der Waals surface area contributed by atoms with Gasteiger partial charge in [-0.25, -0.2) is 9.97 Å². The van der Waals surface area contributed by atoms with Crippen LogP contribution in [-0.2, 0) is 4.79 Å². The Hall–Kier alpha value is -3.23. The van der Waals surface area contributed by atoms with E-state index in [9.17, 15) is 4.79 Å². The second-order valence-corrected chi connectivity index (χ2v) is 10.9. The lowest BCUT2D eigenvalue weighted by atomic mass is 9.92. The largest absolute Gasteiger partial charge is 0.488 e. The quantitative estimate of drug-likeness (QED) is 0.480. The fourth-order valence-electron chi connectivity index (χ4n) is 5.52. The topological polar surface area (TPSA) is 91.4 Å². The lowest BCUT2D eigenvalue weighted by Crippen LogP contribution is -2.43. The van der Waals surface area contributed by atoms with E-state index in [4.69, 9.17) is 9.72 Å². The number of para-hydroxylation sites is 1. The van der Waals surface area contributed by atoms with Gasteiger partial charge in [0, 0.05) is 29.2 Å². The first kappa shape index (κ1) is 26.4. The molecule has 1 aromatic heterocycles. The van der Waals surface area contributed by atoms with Gasteiger partial charge in [-0.05, 0) is 83.8 Å². The maximum absolute atomic E-state index is 12.8. The molecule has 5 rings (SSSR count). The molecular formula is C30H40N6O2. The highest BCUT2D eigenvalue weighted by molar-refractivity contribution is 5.96. The van der Waals surface area contributed by atoms with E-state index in [0.717, 1.165) is 73.8 Å². The van der Waals surface area contributed by atoms with Gasteiger partial charge in [-0.15, -0.1) is 0 Å². The summed E-state index contributed by atoms with van der Waals surface area (Å²) in [6.45, 7) is 6.14. The molecule has 2 aromatic rings. The van der Waals surface area contributed by atoms with Crippen molar-refractivity contribution in [2.45, 2.75) is 69.2 Å². The van der Waals surface area contributed by atoms with Crippen molar-refractivity contribution in [1.82, 2.24) is 25.5 Å². The maximum Gasteiger partial charge on any atom is 0.251 e. The maximum atomic E-state index is 12.8. The number of benzene rings is 1. The number of carbonyl (C=O) groups is 1. The van der Waals surface area contributed by atoms with E-state index in [1.807, 2.05) is 42.6 Å². The minimum atomic E-state index is -0.178. The predicted molar refractivity (Wildman–Crippen MR) is 152 cm³/mol. The van der Waals surface area contributed by atoms with E-state index in [0.29, 0.717) is 24.0 Å². The fourth-order valence-corrected chi connectivity index (χ4v) is 5.52. The molecule has 3 N–H and O–H groups in total. The zero-order valence-electron chi connectivity index (χ0n) is 22.6. The first-order valence-corrected chi connectivity index (χ1v) is 13.9. The number of carbonyl (C=O) groups excluding carboxylic acids is 1. The summed E-state index contributed by atoms with van der Waals surface area (Å²) < 4.78 is 6.46. The van der Waals surface area contributed by atoms with Crippen LogP contribution in [0.3, 0.4) is 0 Å². The van der Waals surface area contributed by atoms with Crippen molar-refractivity contribution in [3.63, 3.8) is 0 Å².